The van der Waals surface area contributed by atoms with Crippen LogP contribution in [0.2, 0.25) is 0 Å². The van der Waals surface area contributed by atoms with E-state index < -0.39 is 5.97 Å². The molecule has 82 valence electrons. The van der Waals surface area contributed by atoms with Crippen LogP contribution in [0.4, 0.5) is 0 Å². The molecule has 0 fully saturated rings. The summed E-state index contributed by atoms with van der Waals surface area (Å²) in [5.74, 6) is -1.16. The highest BCUT2D eigenvalue weighted by Gasteiger charge is 2.11. The molecule has 0 aliphatic heterocycles. The minimum atomic E-state index is -1.08. The zero-order valence-corrected chi connectivity index (χ0v) is 8.86. The van der Waals surface area contributed by atoms with Crippen molar-refractivity contribution >= 4 is 5.97 Å². The summed E-state index contributed by atoms with van der Waals surface area (Å²) in [6.45, 7) is 2.10. The molecule has 3 heteroatoms. The zero-order chi connectivity index (χ0) is 11.3. The molecule has 0 aliphatic carbocycles. The third-order valence-corrected chi connectivity index (χ3v) is 2.40. The number of rotatable bonds is 5. The van der Waals surface area contributed by atoms with Gasteiger partial charge in [-0.15, -0.1) is 0 Å². The van der Waals surface area contributed by atoms with Gasteiger partial charge in [-0.2, -0.15) is 0 Å². The van der Waals surface area contributed by atoms with E-state index in [-0.39, 0.29) is 11.3 Å². The molecule has 0 saturated heterocycles. The summed E-state index contributed by atoms with van der Waals surface area (Å²) in [5, 5.41) is 18.5. The molecule has 0 heterocycles. The predicted molar refractivity (Wildman–Crippen MR) is 58.3 cm³/mol. The molecule has 0 aromatic heterocycles. The van der Waals surface area contributed by atoms with E-state index >= 15 is 0 Å². The van der Waals surface area contributed by atoms with Crippen molar-refractivity contribution in [3.63, 3.8) is 0 Å². The minimum absolute atomic E-state index is 0.0102. The van der Waals surface area contributed by atoms with Crippen molar-refractivity contribution in [2.75, 3.05) is 0 Å². The first kappa shape index (κ1) is 11.6. The molecule has 15 heavy (non-hydrogen) atoms. The number of aryl methyl sites for hydroxylation is 1. The van der Waals surface area contributed by atoms with E-state index in [0.29, 0.717) is 0 Å². The summed E-state index contributed by atoms with van der Waals surface area (Å²) in [6, 6.07) is 4.86. The summed E-state index contributed by atoms with van der Waals surface area (Å²) >= 11 is 0. The van der Waals surface area contributed by atoms with E-state index in [4.69, 9.17) is 5.11 Å². The number of hydrogen-bond donors (Lipinski definition) is 2. The van der Waals surface area contributed by atoms with Gasteiger partial charge in [0.15, 0.2) is 0 Å². The maximum absolute atomic E-state index is 10.7. The summed E-state index contributed by atoms with van der Waals surface area (Å²) < 4.78 is 0. The average molecular weight is 208 g/mol. The number of carboxylic acid groups (broad SMARTS) is 1. The fraction of sp³-hybridized carbons (Fsp3) is 0.417. The second-order valence-corrected chi connectivity index (χ2v) is 3.58. The predicted octanol–water partition coefficient (Wildman–Crippen LogP) is 2.82. The number of phenols is 1. The summed E-state index contributed by atoms with van der Waals surface area (Å²) in [7, 11) is 0. The Bertz CT molecular complexity index is 345. The molecule has 0 aliphatic rings. The van der Waals surface area contributed by atoms with Crippen LogP contribution in [0, 0.1) is 0 Å². The molecule has 0 atom stereocenters. The number of unbranched alkanes of at least 4 members (excludes halogenated alkanes) is 2. The van der Waals surface area contributed by atoms with Crippen molar-refractivity contribution in [2.24, 2.45) is 0 Å². The molecule has 2 N–H and O–H groups in total. The maximum Gasteiger partial charge on any atom is 0.339 e. The van der Waals surface area contributed by atoms with Gasteiger partial charge in [-0.3, -0.25) is 0 Å². The Morgan fingerprint density at radius 2 is 2.07 bits per heavy atom. The summed E-state index contributed by atoms with van der Waals surface area (Å²) in [5.41, 5.74) is 0.715. The van der Waals surface area contributed by atoms with E-state index in [2.05, 4.69) is 6.92 Å². The van der Waals surface area contributed by atoms with Gasteiger partial charge in [0, 0.05) is 0 Å². The number of para-hydroxylation sites is 1. The second kappa shape index (κ2) is 5.39. The summed E-state index contributed by atoms with van der Waals surface area (Å²) in [4.78, 5) is 10.7. The highest BCUT2D eigenvalue weighted by atomic mass is 16.4. The molecular weight excluding hydrogens is 192 g/mol. The zero-order valence-electron chi connectivity index (χ0n) is 8.86. The van der Waals surface area contributed by atoms with Crippen LogP contribution in [0.1, 0.15) is 42.1 Å². The number of hydrogen-bond acceptors (Lipinski definition) is 2. The highest BCUT2D eigenvalue weighted by molar-refractivity contribution is 5.91. The van der Waals surface area contributed by atoms with Crippen LogP contribution in [0.3, 0.4) is 0 Å². The molecule has 0 unspecified atom stereocenters. The Hall–Kier alpha value is -1.51. The van der Waals surface area contributed by atoms with Crippen molar-refractivity contribution in [3.05, 3.63) is 29.3 Å². The molecule has 3 nitrogen and oxygen atoms in total. The van der Waals surface area contributed by atoms with E-state index in [1.54, 1.807) is 12.1 Å². The molecule has 0 saturated carbocycles. The van der Waals surface area contributed by atoms with Crippen molar-refractivity contribution in [1.82, 2.24) is 0 Å². The van der Waals surface area contributed by atoms with Crippen molar-refractivity contribution in [3.8, 4) is 5.75 Å². The van der Waals surface area contributed by atoms with Gasteiger partial charge < -0.3 is 10.2 Å². The largest absolute Gasteiger partial charge is 0.507 e. The van der Waals surface area contributed by atoms with Gasteiger partial charge in [0.2, 0.25) is 0 Å². The average Bonchev–Trinajstić information content (AvgIpc) is 2.20. The molecular formula is C12H16O3. The van der Waals surface area contributed by atoms with Gasteiger partial charge in [-0.1, -0.05) is 31.9 Å². The van der Waals surface area contributed by atoms with E-state index in [0.717, 1.165) is 31.2 Å². The van der Waals surface area contributed by atoms with Crippen LogP contribution in [-0.2, 0) is 6.42 Å². The number of aromatic carboxylic acids is 1. The quantitative estimate of drug-likeness (QED) is 0.731. The minimum Gasteiger partial charge on any atom is -0.507 e. The first-order valence-electron chi connectivity index (χ1n) is 5.21. The monoisotopic (exact) mass is 208 g/mol. The Morgan fingerprint density at radius 3 is 2.67 bits per heavy atom. The van der Waals surface area contributed by atoms with Gasteiger partial charge >= 0.3 is 5.97 Å². The molecule has 1 rings (SSSR count). The Morgan fingerprint density at radius 1 is 1.33 bits per heavy atom. The topological polar surface area (TPSA) is 57.5 Å². The van der Waals surface area contributed by atoms with Gasteiger partial charge in [-0.25, -0.2) is 4.79 Å². The fourth-order valence-electron chi connectivity index (χ4n) is 1.53. The van der Waals surface area contributed by atoms with Crippen LogP contribution in [0.15, 0.2) is 18.2 Å². The van der Waals surface area contributed by atoms with Crippen LogP contribution in [0.25, 0.3) is 0 Å². The molecule has 0 spiro atoms. The lowest BCUT2D eigenvalue weighted by Crippen LogP contribution is -1.99. The Labute approximate surface area is 89.4 Å². The molecule has 1 aromatic carbocycles. The summed E-state index contributed by atoms with van der Waals surface area (Å²) in [6.07, 6.45) is 3.92. The first-order chi connectivity index (χ1) is 7.16. The Balaban J connectivity index is 2.80. The van der Waals surface area contributed by atoms with Crippen molar-refractivity contribution in [2.45, 2.75) is 32.6 Å². The maximum atomic E-state index is 10.7. The molecule has 1 aromatic rings. The van der Waals surface area contributed by atoms with E-state index in [1.807, 2.05) is 0 Å². The first-order valence-corrected chi connectivity index (χ1v) is 5.21. The fourth-order valence-corrected chi connectivity index (χ4v) is 1.53. The van der Waals surface area contributed by atoms with Gasteiger partial charge in [-0.05, 0) is 24.5 Å². The van der Waals surface area contributed by atoms with Crippen molar-refractivity contribution in [1.29, 1.82) is 0 Å². The van der Waals surface area contributed by atoms with Crippen LogP contribution >= 0.6 is 0 Å². The third kappa shape index (κ3) is 2.98. The Kier molecular flexibility index (Phi) is 4.16. The lowest BCUT2D eigenvalue weighted by Gasteiger charge is -2.06. The second-order valence-electron chi connectivity index (χ2n) is 3.58. The SMILES string of the molecule is CCCCCc1cccc(C(=O)O)c1O. The standard InChI is InChI=1S/C12H16O3/c1-2-3-4-6-9-7-5-8-10(11(9)13)12(14)15/h5,7-8,13H,2-4,6H2,1H3,(H,14,15). The van der Waals surface area contributed by atoms with Crippen LogP contribution < -0.4 is 0 Å². The number of carboxylic acids is 1. The lowest BCUT2D eigenvalue weighted by atomic mass is 10.0. The molecule has 0 amide bonds. The molecule has 0 radical (unpaired) electrons. The van der Waals surface area contributed by atoms with Gasteiger partial charge in [0.1, 0.15) is 11.3 Å². The number of carbonyl (C=O) groups is 1. The van der Waals surface area contributed by atoms with Gasteiger partial charge in [0.05, 0.1) is 0 Å². The van der Waals surface area contributed by atoms with Crippen LogP contribution in [0.5, 0.6) is 5.75 Å². The third-order valence-electron chi connectivity index (χ3n) is 2.40. The molecule has 0 bridgehead atoms. The van der Waals surface area contributed by atoms with Crippen LogP contribution in [-0.4, -0.2) is 16.2 Å². The van der Waals surface area contributed by atoms with Crippen molar-refractivity contribution < 1.29 is 15.0 Å². The number of aromatic hydroxyl groups is 1. The lowest BCUT2D eigenvalue weighted by molar-refractivity contribution is 0.0693. The highest BCUT2D eigenvalue weighted by Crippen LogP contribution is 2.24. The normalized spacial score (nSPS) is 10.2. The number of benzene rings is 1. The van der Waals surface area contributed by atoms with E-state index in [1.165, 1.54) is 6.07 Å². The van der Waals surface area contributed by atoms with E-state index in [9.17, 15) is 9.90 Å². The smallest absolute Gasteiger partial charge is 0.339 e. The van der Waals surface area contributed by atoms with Gasteiger partial charge in [0.25, 0.3) is 0 Å².